The van der Waals surface area contributed by atoms with Gasteiger partial charge in [-0.15, -0.1) is 0 Å². The Morgan fingerprint density at radius 1 is 1.05 bits per heavy atom. The first kappa shape index (κ1) is 14.5. The molecule has 0 spiro atoms. The lowest BCUT2D eigenvalue weighted by atomic mass is 10.3. The first-order chi connectivity index (χ1) is 9.63. The summed E-state index contributed by atoms with van der Waals surface area (Å²) in [7, 11) is -3.53. The van der Waals surface area contributed by atoms with Crippen molar-refractivity contribution >= 4 is 15.8 Å². The van der Waals surface area contributed by atoms with E-state index in [9.17, 15) is 8.42 Å². The van der Waals surface area contributed by atoms with E-state index in [1.54, 1.807) is 36.4 Å². The van der Waals surface area contributed by atoms with Crippen LogP contribution in [-0.2, 0) is 16.6 Å². The zero-order valence-electron chi connectivity index (χ0n) is 11.5. The minimum atomic E-state index is -3.53. The molecule has 20 heavy (non-hydrogen) atoms. The molecule has 2 aromatic rings. The Hall–Kier alpha value is -1.88. The summed E-state index contributed by atoms with van der Waals surface area (Å²) in [4.78, 5) is 0.269. The molecule has 0 saturated carbocycles. The topological polar surface area (TPSA) is 50.1 Å². The van der Waals surface area contributed by atoms with E-state index < -0.39 is 10.0 Å². The van der Waals surface area contributed by atoms with Crippen molar-refractivity contribution in [1.29, 1.82) is 0 Å². The van der Waals surface area contributed by atoms with Crippen LogP contribution in [-0.4, -0.2) is 8.42 Å². The molecule has 0 unspecified atom stereocenters. The predicted octanol–water partition coefficient (Wildman–Crippen LogP) is 2.58. The van der Waals surface area contributed by atoms with Crippen molar-refractivity contribution < 1.29 is 13.0 Å². The molecule has 0 bridgehead atoms. The lowest BCUT2D eigenvalue weighted by molar-refractivity contribution is -0.683. The van der Waals surface area contributed by atoms with E-state index in [-0.39, 0.29) is 4.90 Å². The zero-order valence-corrected chi connectivity index (χ0v) is 12.3. The van der Waals surface area contributed by atoms with Crippen LogP contribution >= 0.6 is 0 Å². The number of pyridine rings is 1. The first-order valence-electron chi connectivity index (χ1n) is 6.70. The third kappa shape index (κ3) is 3.57. The monoisotopic (exact) mass is 291 g/mol. The van der Waals surface area contributed by atoms with E-state index in [4.69, 9.17) is 0 Å². The zero-order chi connectivity index (χ0) is 14.4. The fourth-order valence-corrected chi connectivity index (χ4v) is 2.98. The normalized spacial score (nSPS) is 11.2. The maximum atomic E-state index is 12.3. The Balaban J connectivity index is 2.26. The number of aromatic nitrogens is 1. The highest BCUT2D eigenvalue weighted by molar-refractivity contribution is 7.92. The van der Waals surface area contributed by atoms with Gasteiger partial charge in [-0.25, -0.2) is 4.57 Å². The van der Waals surface area contributed by atoms with Gasteiger partial charge in [-0.05, 0) is 24.6 Å². The lowest BCUT2D eigenvalue weighted by Crippen LogP contribution is -2.38. The Kier molecular flexibility index (Phi) is 4.74. The van der Waals surface area contributed by atoms with E-state index in [0.717, 1.165) is 19.4 Å². The maximum Gasteiger partial charge on any atom is 0.328 e. The van der Waals surface area contributed by atoms with E-state index in [0.29, 0.717) is 5.82 Å². The van der Waals surface area contributed by atoms with Gasteiger partial charge >= 0.3 is 10.0 Å². The number of aryl methyl sites for hydroxylation is 1. The average molecular weight is 291 g/mol. The van der Waals surface area contributed by atoms with Crippen LogP contribution < -0.4 is 9.29 Å². The number of hydrogen-bond acceptors (Lipinski definition) is 2. The molecule has 0 radical (unpaired) electrons. The van der Waals surface area contributed by atoms with E-state index in [2.05, 4.69) is 11.6 Å². The SMILES string of the molecule is CCCC[n+]1ccccc1NS(=O)(=O)c1ccccc1. The molecular weight excluding hydrogens is 272 g/mol. The van der Waals surface area contributed by atoms with Crippen LogP contribution in [0.3, 0.4) is 0 Å². The minimum Gasteiger partial charge on any atom is -0.234 e. The van der Waals surface area contributed by atoms with E-state index >= 15 is 0 Å². The lowest BCUT2D eigenvalue weighted by Gasteiger charge is -2.07. The van der Waals surface area contributed by atoms with Crippen LogP contribution in [0, 0.1) is 0 Å². The molecule has 0 amide bonds. The second-order valence-corrected chi connectivity index (χ2v) is 6.23. The molecule has 0 fully saturated rings. The molecule has 4 nitrogen and oxygen atoms in total. The van der Waals surface area contributed by atoms with Gasteiger partial charge in [-0.1, -0.05) is 37.6 Å². The third-order valence-electron chi connectivity index (χ3n) is 2.99. The van der Waals surface area contributed by atoms with Crippen LogP contribution in [0.15, 0.2) is 59.6 Å². The highest BCUT2D eigenvalue weighted by Gasteiger charge is 2.21. The fraction of sp³-hybridized carbons (Fsp3) is 0.267. The summed E-state index contributed by atoms with van der Waals surface area (Å²) in [5, 5.41) is 0. The number of benzene rings is 1. The summed E-state index contributed by atoms with van der Waals surface area (Å²) in [6.45, 7) is 2.90. The number of sulfonamides is 1. The van der Waals surface area contributed by atoms with Gasteiger partial charge in [0.15, 0.2) is 0 Å². The standard InChI is InChI=1S/C15H18N2O2S/c1-2-3-12-17-13-8-7-11-15(17)16-20(18,19)14-9-5-4-6-10-14/h4-11,13H,2-3,12H2,1H3/p+1. The number of unbranched alkanes of at least 4 members (excludes halogenated alkanes) is 1. The van der Waals surface area contributed by atoms with Crippen molar-refractivity contribution in [3.8, 4) is 0 Å². The Morgan fingerprint density at radius 3 is 2.45 bits per heavy atom. The Morgan fingerprint density at radius 2 is 1.75 bits per heavy atom. The van der Waals surface area contributed by atoms with Gasteiger partial charge in [0.2, 0.25) is 0 Å². The van der Waals surface area contributed by atoms with Crippen LogP contribution in [0.25, 0.3) is 0 Å². The second-order valence-electron chi connectivity index (χ2n) is 4.55. The smallest absolute Gasteiger partial charge is 0.234 e. The Bertz CT molecular complexity index is 655. The highest BCUT2D eigenvalue weighted by atomic mass is 32.2. The van der Waals surface area contributed by atoms with Crippen LogP contribution in [0.5, 0.6) is 0 Å². The van der Waals surface area contributed by atoms with E-state index in [1.165, 1.54) is 0 Å². The van der Waals surface area contributed by atoms with Gasteiger partial charge in [0, 0.05) is 6.07 Å². The number of nitrogens with one attached hydrogen (secondary N) is 1. The molecule has 2 rings (SSSR count). The molecule has 0 aliphatic rings. The minimum absolute atomic E-state index is 0.269. The quantitative estimate of drug-likeness (QED) is 0.832. The molecule has 0 aliphatic carbocycles. The highest BCUT2D eigenvalue weighted by Crippen LogP contribution is 2.12. The molecule has 0 atom stereocenters. The van der Waals surface area contributed by atoms with E-state index in [1.807, 2.05) is 22.9 Å². The second kappa shape index (κ2) is 6.52. The third-order valence-corrected chi connectivity index (χ3v) is 4.36. The first-order valence-corrected chi connectivity index (χ1v) is 8.18. The van der Waals surface area contributed by atoms with Crippen LogP contribution in [0.4, 0.5) is 5.82 Å². The molecule has 1 aromatic heterocycles. The molecule has 5 heteroatoms. The average Bonchev–Trinajstić information content (AvgIpc) is 2.47. The summed E-state index contributed by atoms with van der Waals surface area (Å²) in [5.74, 6) is 0.588. The fourth-order valence-electron chi connectivity index (χ4n) is 1.89. The summed E-state index contributed by atoms with van der Waals surface area (Å²) in [5.41, 5.74) is 0. The number of nitrogens with zero attached hydrogens (tertiary/aromatic N) is 1. The van der Waals surface area contributed by atoms with Crippen molar-refractivity contribution in [3.05, 3.63) is 54.7 Å². The molecule has 0 aliphatic heterocycles. The molecular formula is C15H19N2O2S+. The number of hydrogen-bond donors (Lipinski definition) is 1. The van der Waals surface area contributed by atoms with Crippen molar-refractivity contribution in [3.63, 3.8) is 0 Å². The van der Waals surface area contributed by atoms with Gasteiger partial charge in [-0.3, -0.25) is 0 Å². The van der Waals surface area contributed by atoms with Crippen molar-refractivity contribution in [2.75, 3.05) is 4.72 Å². The van der Waals surface area contributed by atoms with Gasteiger partial charge in [0.1, 0.15) is 4.90 Å². The van der Waals surface area contributed by atoms with Crippen molar-refractivity contribution in [2.45, 2.75) is 31.2 Å². The predicted molar refractivity (Wildman–Crippen MR) is 78.8 cm³/mol. The van der Waals surface area contributed by atoms with Gasteiger partial charge in [-0.2, -0.15) is 13.1 Å². The van der Waals surface area contributed by atoms with Gasteiger partial charge in [0.05, 0.1) is 12.7 Å². The molecule has 1 aromatic carbocycles. The van der Waals surface area contributed by atoms with Crippen molar-refractivity contribution in [1.82, 2.24) is 0 Å². The maximum absolute atomic E-state index is 12.3. The van der Waals surface area contributed by atoms with Crippen LogP contribution in [0.1, 0.15) is 19.8 Å². The Labute approximate surface area is 120 Å². The summed E-state index contributed by atoms with van der Waals surface area (Å²) in [6.07, 6.45) is 3.96. The molecule has 1 N–H and O–H groups in total. The largest absolute Gasteiger partial charge is 0.328 e. The molecule has 106 valence electrons. The van der Waals surface area contributed by atoms with Gasteiger partial charge < -0.3 is 0 Å². The summed E-state index contributed by atoms with van der Waals surface area (Å²) < 4.78 is 29.2. The molecule has 0 saturated heterocycles. The van der Waals surface area contributed by atoms with Crippen LogP contribution in [0.2, 0.25) is 0 Å². The summed E-state index contributed by atoms with van der Waals surface area (Å²) in [6, 6.07) is 13.9. The summed E-state index contributed by atoms with van der Waals surface area (Å²) >= 11 is 0. The van der Waals surface area contributed by atoms with Crippen molar-refractivity contribution in [2.24, 2.45) is 0 Å². The number of rotatable bonds is 6. The van der Waals surface area contributed by atoms with Gasteiger partial charge in [0.25, 0.3) is 5.82 Å². The number of anilines is 1. The molecule has 1 heterocycles.